The summed E-state index contributed by atoms with van der Waals surface area (Å²) in [6.45, 7) is 4.09. The van der Waals surface area contributed by atoms with Crippen molar-refractivity contribution in [1.82, 2.24) is 10.6 Å². The molecule has 0 unspecified atom stereocenters. The fourth-order valence-electron chi connectivity index (χ4n) is 1.47. The lowest BCUT2D eigenvalue weighted by molar-refractivity contribution is -0.128. The minimum atomic E-state index is -0.494. The number of nitrogens with one attached hydrogen (secondary N) is 2. The second-order valence-electron chi connectivity index (χ2n) is 3.85. The Bertz CT molecular complexity index is 376. The molecule has 4 nitrogen and oxygen atoms in total. The van der Waals surface area contributed by atoms with Crippen LogP contribution in [-0.2, 0) is 16.0 Å². The molecule has 0 saturated carbocycles. The maximum absolute atomic E-state index is 11.6. The van der Waals surface area contributed by atoms with Crippen molar-refractivity contribution >= 4 is 11.8 Å². The smallest absolute Gasteiger partial charge is 0.242 e. The van der Waals surface area contributed by atoms with Crippen LogP contribution >= 0.6 is 0 Å². The molecule has 0 heterocycles. The topological polar surface area (TPSA) is 58.2 Å². The number of carbonyl (C=O) groups excluding carboxylic acids is 2. The van der Waals surface area contributed by atoms with Crippen LogP contribution in [0.3, 0.4) is 0 Å². The monoisotopic (exact) mass is 234 g/mol. The maximum atomic E-state index is 11.6. The van der Waals surface area contributed by atoms with Crippen LogP contribution in [-0.4, -0.2) is 24.4 Å². The van der Waals surface area contributed by atoms with Crippen molar-refractivity contribution in [1.29, 1.82) is 0 Å². The first-order chi connectivity index (χ1) is 8.13. The highest BCUT2D eigenvalue weighted by Gasteiger charge is 2.14. The first-order valence-corrected chi connectivity index (χ1v) is 5.74. The molecule has 0 aliphatic heterocycles. The van der Waals surface area contributed by atoms with Crippen LogP contribution in [0.15, 0.2) is 30.3 Å². The van der Waals surface area contributed by atoms with Crippen molar-refractivity contribution in [2.45, 2.75) is 26.3 Å². The molecule has 0 aromatic heterocycles. The van der Waals surface area contributed by atoms with Gasteiger partial charge in [-0.15, -0.1) is 0 Å². The number of carbonyl (C=O) groups is 2. The van der Waals surface area contributed by atoms with Gasteiger partial charge in [-0.1, -0.05) is 30.3 Å². The quantitative estimate of drug-likeness (QED) is 0.794. The third-order valence-electron chi connectivity index (χ3n) is 2.33. The molecule has 1 aromatic rings. The van der Waals surface area contributed by atoms with E-state index in [-0.39, 0.29) is 11.8 Å². The third-order valence-corrected chi connectivity index (χ3v) is 2.33. The van der Waals surface area contributed by atoms with Crippen LogP contribution in [0, 0.1) is 0 Å². The van der Waals surface area contributed by atoms with Gasteiger partial charge in [0.25, 0.3) is 0 Å². The van der Waals surface area contributed by atoms with Crippen LogP contribution in [0.2, 0.25) is 0 Å². The van der Waals surface area contributed by atoms with Gasteiger partial charge in [-0.25, -0.2) is 0 Å². The fourth-order valence-corrected chi connectivity index (χ4v) is 1.47. The molecular weight excluding hydrogens is 216 g/mol. The van der Waals surface area contributed by atoms with Gasteiger partial charge in [0.2, 0.25) is 11.8 Å². The van der Waals surface area contributed by atoms with E-state index in [1.54, 1.807) is 6.92 Å². The lowest BCUT2D eigenvalue weighted by Gasteiger charge is -2.13. The normalized spacial score (nSPS) is 11.6. The Morgan fingerprint density at radius 3 is 2.47 bits per heavy atom. The van der Waals surface area contributed by atoms with Crippen molar-refractivity contribution in [2.75, 3.05) is 6.54 Å². The highest BCUT2D eigenvalue weighted by molar-refractivity contribution is 5.87. The van der Waals surface area contributed by atoms with Gasteiger partial charge >= 0.3 is 0 Å². The molecule has 0 aliphatic rings. The van der Waals surface area contributed by atoms with Crippen LogP contribution < -0.4 is 10.6 Å². The van der Waals surface area contributed by atoms with Crippen molar-refractivity contribution in [3.8, 4) is 0 Å². The summed E-state index contributed by atoms with van der Waals surface area (Å²) in [5, 5.41) is 5.32. The maximum Gasteiger partial charge on any atom is 0.242 e. The van der Waals surface area contributed by atoms with Gasteiger partial charge in [0.15, 0.2) is 0 Å². The van der Waals surface area contributed by atoms with E-state index < -0.39 is 6.04 Å². The summed E-state index contributed by atoms with van der Waals surface area (Å²) in [5.74, 6) is -0.302. The molecule has 1 atom stereocenters. The molecule has 0 radical (unpaired) electrons. The number of likely N-dealkylation sites (N-methyl/N-ethyl adjacent to an activating group) is 1. The Morgan fingerprint density at radius 1 is 1.24 bits per heavy atom. The Kier molecular flexibility index (Phi) is 5.20. The Morgan fingerprint density at radius 2 is 1.88 bits per heavy atom. The molecule has 17 heavy (non-hydrogen) atoms. The van der Waals surface area contributed by atoms with Crippen LogP contribution in [0.1, 0.15) is 19.4 Å². The molecule has 92 valence electrons. The summed E-state index contributed by atoms with van der Waals surface area (Å²) in [6, 6.07) is 8.95. The Balaban J connectivity index is 2.42. The van der Waals surface area contributed by atoms with Gasteiger partial charge < -0.3 is 10.6 Å². The predicted octanol–water partition coefficient (Wildman–Crippen LogP) is 0.870. The van der Waals surface area contributed by atoms with Gasteiger partial charge in [-0.2, -0.15) is 0 Å². The first kappa shape index (κ1) is 13.2. The minimum Gasteiger partial charge on any atom is -0.355 e. The molecular formula is C13H18N2O2. The summed E-state index contributed by atoms with van der Waals surface area (Å²) in [7, 11) is 0. The number of hydrogen-bond acceptors (Lipinski definition) is 2. The van der Waals surface area contributed by atoms with Gasteiger partial charge in [0.1, 0.15) is 6.04 Å². The number of rotatable bonds is 5. The van der Waals surface area contributed by atoms with Gasteiger partial charge in [0.05, 0.1) is 6.42 Å². The molecule has 0 saturated heterocycles. The fraction of sp³-hybridized carbons (Fsp3) is 0.385. The zero-order valence-corrected chi connectivity index (χ0v) is 10.2. The standard InChI is InChI=1S/C13H18N2O2/c1-3-14-13(17)10(2)15-12(16)9-11-7-5-4-6-8-11/h4-8,10H,3,9H2,1-2H3,(H,14,17)(H,15,16)/t10-/m1/s1. The number of benzene rings is 1. The molecule has 0 spiro atoms. The van der Waals surface area contributed by atoms with Crippen molar-refractivity contribution in [3.63, 3.8) is 0 Å². The summed E-state index contributed by atoms with van der Waals surface area (Å²) in [5.41, 5.74) is 0.938. The average molecular weight is 234 g/mol. The highest BCUT2D eigenvalue weighted by Crippen LogP contribution is 1.99. The summed E-state index contributed by atoms with van der Waals surface area (Å²) >= 11 is 0. The lowest BCUT2D eigenvalue weighted by atomic mass is 10.1. The lowest BCUT2D eigenvalue weighted by Crippen LogP contribution is -2.45. The van der Waals surface area contributed by atoms with Crippen LogP contribution in [0.4, 0.5) is 0 Å². The molecule has 2 N–H and O–H groups in total. The van der Waals surface area contributed by atoms with E-state index in [9.17, 15) is 9.59 Å². The van der Waals surface area contributed by atoms with E-state index in [0.29, 0.717) is 13.0 Å². The van der Waals surface area contributed by atoms with E-state index in [1.807, 2.05) is 37.3 Å². The molecule has 0 bridgehead atoms. The first-order valence-electron chi connectivity index (χ1n) is 5.74. The van der Waals surface area contributed by atoms with Gasteiger partial charge in [-0.3, -0.25) is 9.59 Å². The zero-order chi connectivity index (χ0) is 12.7. The van der Waals surface area contributed by atoms with E-state index in [0.717, 1.165) is 5.56 Å². The minimum absolute atomic E-state index is 0.144. The summed E-state index contributed by atoms with van der Waals surface area (Å²) < 4.78 is 0. The average Bonchev–Trinajstić information content (AvgIpc) is 2.30. The molecule has 0 aliphatic carbocycles. The van der Waals surface area contributed by atoms with Gasteiger partial charge in [0, 0.05) is 6.54 Å². The Labute approximate surface area is 101 Å². The van der Waals surface area contributed by atoms with Crippen LogP contribution in [0.5, 0.6) is 0 Å². The van der Waals surface area contributed by atoms with Crippen molar-refractivity contribution in [2.24, 2.45) is 0 Å². The molecule has 1 aromatic carbocycles. The van der Waals surface area contributed by atoms with E-state index in [4.69, 9.17) is 0 Å². The second-order valence-corrected chi connectivity index (χ2v) is 3.85. The van der Waals surface area contributed by atoms with E-state index in [2.05, 4.69) is 10.6 Å². The SMILES string of the molecule is CCNC(=O)[C@@H](C)NC(=O)Cc1ccccc1. The second kappa shape index (κ2) is 6.68. The highest BCUT2D eigenvalue weighted by atomic mass is 16.2. The summed E-state index contributed by atoms with van der Waals surface area (Å²) in [4.78, 5) is 23.0. The predicted molar refractivity (Wildman–Crippen MR) is 66.4 cm³/mol. The van der Waals surface area contributed by atoms with E-state index in [1.165, 1.54) is 0 Å². The number of amides is 2. The molecule has 0 fully saturated rings. The third kappa shape index (κ3) is 4.68. The molecule has 2 amide bonds. The Hall–Kier alpha value is -1.84. The van der Waals surface area contributed by atoms with Crippen LogP contribution in [0.25, 0.3) is 0 Å². The summed E-state index contributed by atoms with van der Waals surface area (Å²) in [6.07, 6.45) is 0.296. The molecule has 4 heteroatoms. The van der Waals surface area contributed by atoms with E-state index >= 15 is 0 Å². The number of hydrogen-bond donors (Lipinski definition) is 2. The van der Waals surface area contributed by atoms with Gasteiger partial charge in [-0.05, 0) is 19.4 Å². The van der Waals surface area contributed by atoms with Crippen molar-refractivity contribution in [3.05, 3.63) is 35.9 Å². The molecule has 1 rings (SSSR count). The zero-order valence-electron chi connectivity index (χ0n) is 10.2. The van der Waals surface area contributed by atoms with Crippen molar-refractivity contribution < 1.29 is 9.59 Å². The largest absolute Gasteiger partial charge is 0.355 e.